The van der Waals surface area contributed by atoms with E-state index >= 15 is 0 Å². The lowest BCUT2D eigenvalue weighted by molar-refractivity contribution is 0.414. The molecule has 0 radical (unpaired) electrons. The third kappa shape index (κ3) is 4.20. The van der Waals surface area contributed by atoms with E-state index in [0.717, 1.165) is 22.6 Å². The molecular weight excluding hydrogens is 369 g/mol. The SMILES string of the molecule is COc1cccc(-n2cc(CNCc3cn(C)nc3-c3ccccc3F)cn2)c1. The smallest absolute Gasteiger partial charge is 0.132 e. The maximum Gasteiger partial charge on any atom is 0.132 e. The van der Waals surface area contributed by atoms with Crippen molar-refractivity contribution in [3.8, 4) is 22.7 Å². The van der Waals surface area contributed by atoms with Gasteiger partial charge in [-0.15, -0.1) is 0 Å². The van der Waals surface area contributed by atoms with Gasteiger partial charge in [-0.25, -0.2) is 9.07 Å². The monoisotopic (exact) mass is 391 g/mol. The molecule has 0 bridgehead atoms. The molecule has 6 nitrogen and oxygen atoms in total. The average Bonchev–Trinajstić information content (AvgIpc) is 3.35. The first kappa shape index (κ1) is 18.9. The maximum absolute atomic E-state index is 14.2. The standard InChI is InChI=1S/C22H22FN5O/c1-27-15-17(22(26-27)20-8-3-4-9-21(20)23)13-24-11-16-12-25-28(14-16)18-6-5-7-19(10-18)29-2/h3-10,12,14-15,24H,11,13H2,1-2H3. The van der Waals surface area contributed by atoms with Gasteiger partial charge >= 0.3 is 0 Å². The summed E-state index contributed by atoms with van der Waals surface area (Å²) in [4.78, 5) is 0. The van der Waals surface area contributed by atoms with Crippen LogP contribution in [-0.2, 0) is 20.1 Å². The van der Waals surface area contributed by atoms with Crippen LogP contribution in [0.5, 0.6) is 5.75 Å². The molecule has 2 aromatic heterocycles. The Bertz CT molecular complexity index is 1120. The topological polar surface area (TPSA) is 56.9 Å². The fourth-order valence-electron chi connectivity index (χ4n) is 3.23. The molecule has 0 amide bonds. The highest BCUT2D eigenvalue weighted by Gasteiger charge is 2.13. The van der Waals surface area contributed by atoms with Crippen LogP contribution >= 0.6 is 0 Å². The van der Waals surface area contributed by atoms with E-state index in [1.807, 2.05) is 60.7 Å². The first-order valence-electron chi connectivity index (χ1n) is 9.30. The molecule has 148 valence electrons. The van der Waals surface area contributed by atoms with Crippen molar-refractivity contribution in [2.75, 3.05) is 7.11 Å². The molecule has 0 atom stereocenters. The Hall–Kier alpha value is -3.45. The van der Waals surface area contributed by atoms with Gasteiger partial charge in [-0.2, -0.15) is 10.2 Å². The summed E-state index contributed by atoms with van der Waals surface area (Å²) in [5, 5.41) is 12.3. The average molecular weight is 391 g/mol. The zero-order chi connectivity index (χ0) is 20.2. The second kappa shape index (κ2) is 8.28. The molecule has 1 N–H and O–H groups in total. The molecule has 2 heterocycles. The highest BCUT2D eigenvalue weighted by molar-refractivity contribution is 5.63. The molecule has 2 aromatic carbocycles. The van der Waals surface area contributed by atoms with E-state index in [4.69, 9.17) is 4.74 Å². The Kier molecular flexibility index (Phi) is 5.39. The molecule has 0 spiro atoms. The number of nitrogens with zero attached hydrogens (tertiary/aromatic N) is 4. The van der Waals surface area contributed by atoms with Crippen LogP contribution in [0.3, 0.4) is 0 Å². The van der Waals surface area contributed by atoms with Crippen LogP contribution in [0, 0.1) is 5.82 Å². The lowest BCUT2D eigenvalue weighted by Crippen LogP contribution is -2.12. The van der Waals surface area contributed by atoms with Gasteiger partial charge in [0.25, 0.3) is 0 Å². The quantitative estimate of drug-likeness (QED) is 0.522. The minimum Gasteiger partial charge on any atom is -0.497 e. The summed E-state index contributed by atoms with van der Waals surface area (Å²) >= 11 is 0. The van der Waals surface area contributed by atoms with Crippen molar-refractivity contribution in [3.63, 3.8) is 0 Å². The number of methoxy groups -OCH3 is 1. The van der Waals surface area contributed by atoms with Gasteiger partial charge < -0.3 is 10.1 Å². The number of aromatic nitrogens is 4. The summed E-state index contributed by atoms with van der Waals surface area (Å²) < 4.78 is 23.0. The molecule has 29 heavy (non-hydrogen) atoms. The zero-order valence-electron chi connectivity index (χ0n) is 16.3. The third-order valence-electron chi connectivity index (χ3n) is 4.63. The highest BCUT2D eigenvalue weighted by Crippen LogP contribution is 2.24. The first-order chi connectivity index (χ1) is 14.1. The predicted molar refractivity (Wildman–Crippen MR) is 109 cm³/mol. The summed E-state index contributed by atoms with van der Waals surface area (Å²) in [6, 6.07) is 14.4. The number of hydrogen-bond donors (Lipinski definition) is 1. The van der Waals surface area contributed by atoms with Crippen LogP contribution in [0.2, 0.25) is 0 Å². The van der Waals surface area contributed by atoms with Gasteiger partial charge in [0.05, 0.1) is 24.7 Å². The lowest BCUT2D eigenvalue weighted by atomic mass is 10.1. The van der Waals surface area contributed by atoms with E-state index in [9.17, 15) is 4.39 Å². The largest absolute Gasteiger partial charge is 0.497 e. The van der Waals surface area contributed by atoms with Gasteiger partial charge in [0.15, 0.2) is 0 Å². The summed E-state index contributed by atoms with van der Waals surface area (Å²) in [6.45, 7) is 1.21. The number of benzene rings is 2. The molecule has 4 aromatic rings. The Morgan fingerprint density at radius 1 is 1.07 bits per heavy atom. The summed E-state index contributed by atoms with van der Waals surface area (Å²) in [6.07, 6.45) is 5.71. The molecule has 0 saturated heterocycles. The van der Waals surface area contributed by atoms with Gasteiger partial charge in [-0.3, -0.25) is 4.68 Å². The highest BCUT2D eigenvalue weighted by atomic mass is 19.1. The lowest BCUT2D eigenvalue weighted by Gasteiger charge is -2.05. The molecule has 7 heteroatoms. The van der Waals surface area contributed by atoms with Crippen molar-refractivity contribution in [2.45, 2.75) is 13.1 Å². The Balaban J connectivity index is 1.44. The molecule has 4 rings (SSSR count). The van der Waals surface area contributed by atoms with E-state index in [1.165, 1.54) is 6.07 Å². The zero-order valence-corrected chi connectivity index (χ0v) is 16.3. The summed E-state index contributed by atoms with van der Waals surface area (Å²) in [5.74, 6) is 0.516. The van der Waals surface area contributed by atoms with Gasteiger partial charge in [0, 0.05) is 55.3 Å². The first-order valence-corrected chi connectivity index (χ1v) is 9.30. The van der Waals surface area contributed by atoms with Crippen LogP contribution in [0.1, 0.15) is 11.1 Å². The van der Waals surface area contributed by atoms with Crippen LogP contribution < -0.4 is 10.1 Å². The molecular formula is C22H22FN5O. The van der Waals surface area contributed by atoms with Crippen molar-refractivity contribution in [1.29, 1.82) is 0 Å². The second-order valence-electron chi connectivity index (χ2n) is 6.75. The summed E-state index contributed by atoms with van der Waals surface area (Å²) in [5.41, 5.74) is 4.09. The van der Waals surface area contributed by atoms with Crippen LogP contribution in [-0.4, -0.2) is 26.7 Å². The van der Waals surface area contributed by atoms with Crippen molar-refractivity contribution < 1.29 is 9.13 Å². The molecule has 0 aliphatic rings. The Morgan fingerprint density at radius 3 is 2.76 bits per heavy atom. The van der Waals surface area contributed by atoms with E-state index in [-0.39, 0.29) is 5.82 Å². The minimum absolute atomic E-state index is 0.271. The number of halogens is 1. The van der Waals surface area contributed by atoms with E-state index in [1.54, 1.807) is 23.9 Å². The van der Waals surface area contributed by atoms with Crippen LogP contribution in [0.25, 0.3) is 16.9 Å². The maximum atomic E-state index is 14.2. The van der Waals surface area contributed by atoms with Crippen LogP contribution in [0.15, 0.2) is 67.1 Å². The number of nitrogens with one attached hydrogen (secondary N) is 1. The third-order valence-corrected chi connectivity index (χ3v) is 4.63. The van der Waals surface area contributed by atoms with Crippen molar-refractivity contribution >= 4 is 0 Å². The predicted octanol–water partition coefficient (Wildman–Crippen LogP) is 3.71. The van der Waals surface area contributed by atoms with E-state index < -0.39 is 0 Å². The molecule has 0 aliphatic heterocycles. The Labute approximate surface area is 168 Å². The van der Waals surface area contributed by atoms with Crippen molar-refractivity contribution in [1.82, 2.24) is 24.9 Å². The molecule has 0 fully saturated rings. The molecule has 0 saturated carbocycles. The van der Waals surface area contributed by atoms with Gasteiger partial charge in [0.2, 0.25) is 0 Å². The minimum atomic E-state index is -0.271. The van der Waals surface area contributed by atoms with E-state index in [2.05, 4.69) is 15.5 Å². The number of ether oxygens (including phenoxy) is 1. The van der Waals surface area contributed by atoms with Crippen molar-refractivity contribution in [2.24, 2.45) is 7.05 Å². The normalized spacial score (nSPS) is 11.0. The van der Waals surface area contributed by atoms with Crippen molar-refractivity contribution in [3.05, 3.63) is 84.1 Å². The van der Waals surface area contributed by atoms with Gasteiger partial charge in [-0.05, 0) is 24.3 Å². The molecule has 0 aliphatic carbocycles. The van der Waals surface area contributed by atoms with E-state index in [0.29, 0.717) is 24.3 Å². The summed E-state index contributed by atoms with van der Waals surface area (Å²) in [7, 11) is 3.48. The fourth-order valence-corrected chi connectivity index (χ4v) is 3.23. The number of hydrogen-bond acceptors (Lipinski definition) is 4. The number of rotatable bonds is 7. The van der Waals surface area contributed by atoms with Gasteiger partial charge in [0.1, 0.15) is 11.6 Å². The number of aryl methyl sites for hydroxylation is 1. The van der Waals surface area contributed by atoms with Crippen LogP contribution in [0.4, 0.5) is 4.39 Å². The Morgan fingerprint density at radius 2 is 1.93 bits per heavy atom. The fraction of sp³-hybridized carbons (Fsp3) is 0.182. The molecule has 0 unspecified atom stereocenters. The van der Waals surface area contributed by atoms with Gasteiger partial charge in [-0.1, -0.05) is 18.2 Å². The second-order valence-corrected chi connectivity index (χ2v) is 6.75.